The normalized spacial score (nSPS) is 10.8. The van der Waals surface area contributed by atoms with Gasteiger partial charge in [0.15, 0.2) is 5.96 Å². The van der Waals surface area contributed by atoms with Gasteiger partial charge in [-0.2, -0.15) is 0 Å². The summed E-state index contributed by atoms with van der Waals surface area (Å²) in [6.07, 6.45) is 1.05. The Morgan fingerprint density at radius 1 is 1.44 bits per heavy atom. The molecule has 0 atom stereocenters. The van der Waals surface area contributed by atoms with E-state index in [4.69, 9.17) is 5.73 Å². The van der Waals surface area contributed by atoms with E-state index in [-0.39, 0.29) is 24.0 Å². The molecule has 0 spiro atoms. The first-order valence-corrected chi connectivity index (χ1v) is 5.80. The van der Waals surface area contributed by atoms with Crippen molar-refractivity contribution in [2.45, 2.75) is 19.9 Å². The van der Waals surface area contributed by atoms with E-state index in [0.717, 1.165) is 23.0 Å². The molecule has 1 rings (SSSR count). The number of nitrogens with zero attached hydrogens (tertiary/aromatic N) is 1. The average molecular weight is 398 g/mol. The van der Waals surface area contributed by atoms with Crippen LogP contribution in [-0.4, -0.2) is 12.5 Å². The lowest BCUT2D eigenvalue weighted by Crippen LogP contribution is -2.32. The van der Waals surface area contributed by atoms with Crippen LogP contribution >= 0.6 is 39.9 Å². The molecule has 0 aliphatic carbocycles. The number of benzene rings is 1. The van der Waals surface area contributed by atoms with E-state index in [9.17, 15) is 0 Å². The molecule has 0 bridgehead atoms. The quantitative estimate of drug-likeness (QED) is 0.466. The number of nitrogens with two attached hydrogens (primary N) is 1. The van der Waals surface area contributed by atoms with Gasteiger partial charge in [-0.25, -0.2) is 4.99 Å². The maximum Gasteiger partial charge on any atom is 0.188 e. The monoisotopic (exact) mass is 397 g/mol. The number of hydrogen-bond donors (Lipinski definition) is 2. The van der Waals surface area contributed by atoms with Crippen LogP contribution in [0.5, 0.6) is 0 Å². The van der Waals surface area contributed by atoms with Crippen LogP contribution in [0.4, 0.5) is 0 Å². The standard InChI is InChI=1S/C11H16BrN3.HI/c1-2-7-14-11(13)15-8-9-5-3-4-6-10(9)12;/h3-6H,2,7-8H2,1H3,(H3,13,14,15);1H. The van der Waals surface area contributed by atoms with Crippen molar-refractivity contribution in [3.05, 3.63) is 34.3 Å². The minimum atomic E-state index is 0. The highest BCUT2D eigenvalue weighted by Gasteiger charge is 1.96. The summed E-state index contributed by atoms with van der Waals surface area (Å²) in [5.74, 6) is 0.507. The summed E-state index contributed by atoms with van der Waals surface area (Å²) in [6.45, 7) is 3.56. The highest BCUT2D eigenvalue weighted by Crippen LogP contribution is 2.16. The maximum atomic E-state index is 5.68. The second-order valence-electron chi connectivity index (χ2n) is 3.22. The van der Waals surface area contributed by atoms with Crippen LogP contribution in [0.15, 0.2) is 33.7 Å². The molecule has 0 amide bonds. The smallest absolute Gasteiger partial charge is 0.188 e. The lowest BCUT2D eigenvalue weighted by molar-refractivity contribution is 0.825. The molecular formula is C11H17BrIN3. The highest BCUT2D eigenvalue weighted by atomic mass is 127. The van der Waals surface area contributed by atoms with E-state index in [2.05, 4.69) is 33.2 Å². The molecule has 0 saturated carbocycles. The van der Waals surface area contributed by atoms with E-state index in [1.54, 1.807) is 0 Å². The van der Waals surface area contributed by atoms with Gasteiger partial charge in [0.2, 0.25) is 0 Å². The molecule has 16 heavy (non-hydrogen) atoms. The van der Waals surface area contributed by atoms with Gasteiger partial charge in [0.1, 0.15) is 0 Å². The lowest BCUT2D eigenvalue weighted by Gasteiger charge is -2.04. The minimum absolute atomic E-state index is 0. The van der Waals surface area contributed by atoms with Crippen LogP contribution in [0.25, 0.3) is 0 Å². The van der Waals surface area contributed by atoms with Crippen molar-refractivity contribution in [1.82, 2.24) is 5.32 Å². The Morgan fingerprint density at radius 3 is 2.75 bits per heavy atom. The van der Waals surface area contributed by atoms with Gasteiger partial charge in [-0.15, -0.1) is 24.0 Å². The van der Waals surface area contributed by atoms with Gasteiger partial charge in [-0.1, -0.05) is 41.1 Å². The fourth-order valence-electron chi connectivity index (χ4n) is 1.11. The molecule has 0 fully saturated rings. The van der Waals surface area contributed by atoms with Gasteiger partial charge in [-0.3, -0.25) is 0 Å². The summed E-state index contributed by atoms with van der Waals surface area (Å²) in [6, 6.07) is 8.00. The van der Waals surface area contributed by atoms with Gasteiger partial charge in [0.25, 0.3) is 0 Å². The first kappa shape index (κ1) is 15.7. The lowest BCUT2D eigenvalue weighted by atomic mass is 10.2. The predicted molar refractivity (Wildman–Crippen MR) is 83.2 cm³/mol. The van der Waals surface area contributed by atoms with Crippen LogP contribution < -0.4 is 11.1 Å². The average Bonchev–Trinajstić information content (AvgIpc) is 2.25. The zero-order valence-corrected chi connectivity index (χ0v) is 13.2. The fourth-order valence-corrected chi connectivity index (χ4v) is 1.52. The predicted octanol–water partition coefficient (Wildman–Crippen LogP) is 2.88. The molecule has 0 heterocycles. The first-order chi connectivity index (χ1) is 7.24. The topological polar surface area (TPSA) is 50.4 Å². The van der Waals surface area contributed by atoms with Crippen molar-refractivity contribution < 1.29 is 0 Å². The summed E-state index contributed by atoms with van der Waals surface area (Å²) in [4.78, 5) is 4.25. The van der Waals surface area contributed by atoms with Gasteiger partial charge in [0, 0.05) is 11.0 Å². The van der Waals surface area contributed by atoms with E-state index in [0.29, 0.717) is 12.5 Å². The van der Waals surface area contributed by atoms with E-state index in [1.165, 1.54) is 0 Å². The molecule has 0 unspecified atom stereocenters. The van der Waals surface area contributed by atoms with E-state index < -0.39 is 0 Å². The Kier molecular flexibility index (Phi) is 8.64. The number of aliphatic imine (C=N–C) groups is 1. The molecule has 3 N–H and O–H groups in total. The zero-order valence-electron chi connectivity index (χ0n) is 9.24. The van der Waals surface area contributed by atoms with Gasteiger partial charge >= 0.3 is 0 Å². The SMILES string of the molecule is CCCNC(N)=NCc1ccccc1Br.I. The van der Waals surface area contributed by atoms with Crippen LogP contribution in [0.2, 0.25) is 0 Å². The van der Waals surface area contributed by atoms with Crippen LogP contribution in [0.1, 0.15) is 18.9 Å². The molecule has 0 radical (unpaired) electrons. The largest absolute Gasteiger partial charge is 0.370 e. The third-order valence-electron chi connectivity index (χ3n) is 1.93. The number of rotatable bonds is 4. The molecule has 3 nitrogen and oxygen atoms in total. The van der Waals surface area contributed by atoms with Crippen LogP contribution in [-0.2, 0) is 6.54 Å². The Hall–Kier alpha value is -0.300. The van der Waals surface area contributed by atoms with Gasteiger partial charge in [-0.05, 0) is 18.1 Å². The Balaban J connectivity index is 0.00000225. The summed E-state index contributed by atoms with van der Waals surface area (Å²) >= 11 is 3.47. The number of nitrogens with one attached hydrogen (secondary N) is 1. The molecule has 0 aromatic heterocycles. The molecule has 1 aromatic carbocycles. The van der Waals surface area contributed by atoms with Crippen molar-refractivity contribution >= 4 is 45.9 Å². The van der Waals surface area contributed by atoms with Crippen LogP contribution in [0.3, 0.4) is 0 Å². The summed E-state index contributed by atoms with van der Waals surface area (Å²) < 4.78 is 1.07. The van der Waals surface area contributed by atoms with Crippen molar-refractivity contribution in [3.8, 4) is 0 Å². The van der Waals surface area contributed by atoms with Gasteiger partial charge < -0.3 is 11.1 Å². The van der Waals surface area contributed by atoms with Gasteiger partial charge in [0.05, 0.1) is 6.54 Å². The maximum absolute atomic E-state index is 5.68. The molecule has 0 aliphatic heterocycles. The van der Waals surface area contributed by atoms with E-state index in [1.807, 2.05) is 24.3 Å². The Labute approximate surface area is 122 Å². The molecular weight excluding hydrogens is 381 g/mol. The van der Waals surface area contributed by atoms with Crippen molar-refractivity contribution in [3.63, 3.8) is 0 Å². The second kappa shape index (κ2) is 8.81. The van der Waals surface area contributed by atoms with E-state index >= 15 is 0 Å². The molecule has 5 heteroatoms. The third kappa shape index (κ3) is 5.69. The Morgan fingerprint density at radius 2 is 2.12 bits per heavy atom. The van der Waals surface area contributed by atoms with Crippen molar-refractivity contribution in [2.75, 3.05) is 6.54 Å². The number of halogens is 2. The number of guanidine groups is 1. The molecule has 1 aromatic rings. The molecule has 0 aliphatic rings. The summed E-state index contributed by atoms with van der Waals surface area (Å²) in [5, 5.41) is 3.03. The number of hydrogen-bond acceptors (Lipinski definition) is 1. The molecule has 90 valence electrons. The van der Waals surface area contributed by atoms with Crippen molar-refractivity contribution in [1.29, 1.82) is 0 Å². The zero-order chi connectivity index (χ0) is 11.1. The summed E-state index contributed by atoms with van der Waals surface area (Å²) in [5.41, 5.74) is 6.82. The van der Waals surface area contributed by atoms with Crippen molar-refractivity contribution in [2.24, 2.45) is 10.7 Å². The third-order valence-corrected chi connectivity index (χ3v) is 2.71. The first-order valence-electron chi connectivity index (χ1n) is 5.01. The molecule has 0 saturated heterocycles. The van der Waals surface area contributed by atoms with Crippen LogP contribution in [0, 0.1) is 0 Å². The Bertz CT molecular complexity index is 342. The second-order valence-corrected chi connectivity index (χ2v) is 4.07. The fraction of sp³-hybridized carbons (Fsp3) is 0.364. The minimum Gasteiger partial charge on any atom is -0.370 e. The summed E-state index contributed by atoms with van der Waals surface area (Å²) in [7, 11) is 0. The highest BCUT2D eigenvalue weighted by molar-refractivity contribution is 14.0.